The molecule has 0 aromatic carbocycles. The van der Waals surface area contributed by atoms with Crippen molar-refractivity contribution < 1.29 is 5.11 Å². The first kappa shape index (κ1) is 7.63. The monoisotopic (exact) mass is 159 g/mol. The van der Waals surface area contributed by atoms with Crippen molar-refractivity contribution in [2.24, 2.45) is 0 Å². The van der Waals surface area contributed by atoms with E-state index in [1.54, 1.807) is 6.20 Å². The maximum absolute atomic E-state index is 8.57. The first-order valence-electron chi connectivity index (χ1n) is 3.22. The van der Waals surface area contributed by atoms with Crippen LogP contribution < -0.4 is 5.32 Å². The third-order valence-electron chi connectivity index (χ3n) is 1.34. The summed E-state index contributed by atoms with van der Waals surface area (Å²) in [5, 5.41) is 12.3. The van der Waals surface area contributed by atoms with Crippen molar-refractivity contribution in [1.82, 2.24) is 5.32 Å². The van der Waals surface area contributed by atoms with E-state index in [4.69, 9.17) is 16.7 Å². The molecule has 0 bridgehead atoms. The van der Waals surface area contributed by atoms with Gasteiger partial charge in [-0.1, -0.05) is 11.6 Å². The largest absolute Gasteiger partial charge is 0.396 e. The van der Waals surface area contributed by atoms with Gasteiger partial charge in [0.25, 0.3) is 0 Å². The second-order valence-corrected chi connectivity index (χ2v) is 2.62. The maximum atomic E-state index is 8.57. The number of aliphatic hydroxyl groups excluding tert-OH is 1. The summed E-state index contributed by atoms with van der Waals surface area (Å²) in [5.74, 6) is 0. The predicted octanol–water partition coefficient (Wildman–Crippen LogP) is 0.979. The van der Waals surface area contributed by atoms with Gasteiger partial charge in [-0.15, -0.1) is 0 Å². The fourth-order valence-corrected chi connectivity index (χ4v) is 1.10. The molecule has 0 saturated carbocycles. The molecule has 0 saturated heterocycles. The molecular formula is C7H10ClNO. The van der Waals surface area contributed by atoms with Crippen LogP contribution in [0, 0.1) is 0 Å². The highest BCUT2D eigenvalue weighted by atomic mass is 35.5. The van der Waals surface area contributed by atoms with Gasteiger partial charge in [-0.05, 0) is 18.1 Å². The lowest BCUT2D eigenvalue weighted by Crippen LogP contribution is -2.14. The summed E-state index contributed by atoms with van der Waals surface area (Å²) < 4.78 is 0. The fraction of sp³-hybridized carbons (Fsp3) is 0.429. The summed E-state index contributed by atoms with van der Waals surface area (Å²) in [7, 11) is 0. The van der Waals surface area contributed by atoms with Gasteiger partial charge in [0, 0.05) is 19.4 Å². The summed E-state index contributed by atoms with van der Waals surface area (Å²) >= 11 is 5.69. The van der Waals surface area contributed by atoms with Gasteiger partial charge in [0.2, 0.25) is 0 Å². The Morgan fingerprint density at radius 1 is 1.70 bits per heavy atom. The standard InChI is InChI=1S/C7H10ClNO/c8-7-3-6(1-2-10)4-9-5-7/h3,5,9-10H,1-2,4H2. The van der Waals surface area contributed by atoms with Gasteiger partial charge in [-0.3, -0.25) is 0 Å². The quantitative estimate of drug-likeness (QED) is 0.630. The van der Waals surface area contributed by atoms with E-state index in [-0.39, 0.29) is 6.61 Å². The van der Waals surface area contributed by atoms with E-state index in [0.29, 0.717) is 11.5 Å². The number of hydrogen-bond donors (Lipinski definition) is 2. The molecule has 0 unspecified atom stereocenters. The molecule has 1 aliphatic rings. The van der Waals surface area contributed by atoms with E-state index >= 15 is 0 Å². The molecule has 0 spiro atoms. The normalized spacial score (nSPS) is 17.4. The van der Waals surface area contributed by atoms with Gasteiger partial charge in [0.05, 0.1) is 5.03 Å². The molecular weight excluding hydrogens is 150 g/mol. The van der Waals surface area contributed by atoms with Crippen molar-refractivity contribution >= 4 is 11.6 Å². The lowest BCUT2D eigenvalue weighted by molar-refractivity contribution is 0.298. The Kier molecular flexibility index (Phi) is 2.78. The highest BCUT2D eigenvalue weighted by molar-refractivity contribution is 6.31. The van der Waals surface area contributed by atoms with Gasteiger partial charge in [0.15, 0.2) is 0 Å². The first-order chi connectivity index (χ1) is 4.83. The number of nitrogens with one attached hydrogen (secondary N) is 1. The van der Waals surface area contributed by atoms with E-state index in [0.717, 1.165) is 12.1 Å². The lowest BCUT2D eigenvalue weighted by atomic mass is 10.1. The van der Waals surface area contributed by atoms with Crippen LogP contribution in [-0.2, 0) is 0 Å². The smallest absolute Gasteiger partial charge is 0.0562 e. The SMILES string of the molecule is OCCC1=CC(Cl)=CNC1. The zero-order valence-electron chi connectivity index (χ0n) is 5.60. The average molecular weight is 160 g/mol. The Morgan fingerprint density at radius 2 is 2.50 bits per heavy atom. The van der Waals surface area contributed by atoms with E-state index in [9.17, 15) is 0 Å². The first-order valence-corrected chi connectivity index (χ1v) is 3.60. The summed E-state index contributed by atoms with van der Waals surface area (Å²) in [5.41, 5.74) is 1.15. The van der Waals surface area contributed by atoms with Crippen LogP contribution in [0.1, 0.15) is 6.42 Å². The zero-order valence-corrected chi connectivity index (χ0v) is 6.36. The molecule has 3 heteroatoms. The fourth-order valence-electron chi connectivity index (χ4n) is 0.871. The van der Waals surface area contributed by atoms with Crippen molar-refractivity contribution in [2.45, 2.75) is 6.42 Å². The Balaban J connectivity index is 2.51. The van der Waals surface area contributed by atoms with E-state index in [1.807, 2.05) is 6.08 Å². The molecule has 0 amide bonds. The van der Waals surface area contributed by atoms with Crippen molar-refractivity contribution in [2.75, 3.05) is 13.2 Å². The number of dihydropyridines is 1. The van der Waals surface area contributed by atoms with Crippen LogP contribution in [0.4, 0.5) is 0 Å². The molecule has 0 fully saturated rings. The number of aliphatic hydroxyl groups is 1. The van der Waals surface area contributed by atoms with Crippen LogP contribution in [0.3, 0.4) is 0 Å². The highest BCUT2D eigenvalue weighted by Crippen LogP contribution is 2.12. The molecule has 0 atom stereocenters. The zero-order chi connectivity index (χ0) is 7.40. The van der Waals surface area contributed by atoms with Crippen molar-refractivity contribution in [3.8, 4) is 0 Å². The summed E-state index contributed by atoms with van der Waals surface area (Å²) in [4.78, 5) is 0. The summed E-state index contributed by atoms with van der Waals surface area (Å²) in [6.07, 6.45) is 4.34. The third-order valence-corrected chi connectivity index (χ3v) is 1.56. The molecule has 0 aromatic heterocycles. The topological polar surface area (TPSA) is 32.3 Å². The molecule has 0 radical (unpaired) electrons. The van der Waals surface area contributed by atoms with Gasteiger partial charge >= 0.3 is 0 Å². The van der Waals surface area contributed by atoms with Crippen molar-refractivity contribution in [1.29, 1.82) is 0 Å². The molecule has 1 aliphatic heterocycles. The summed E-state index contributed by atoms with van der Waals surface area (Å²) in [6.45, 7) is 0.995. The van der Waals surface area contributed by atoms with Crippen LogP contribution in [-0.4, -0.2) is 18.3 Å². The second kappa shape index (κ2) is 3.64. The molecule has 56 valence electrons. The number of halogens is 1. The predicted molar refractivity (Wildman–Crippen MR) is 41.7 cm³/mol. The van der Waals surface area contributed by atoms with Crippen molar-refractivity contribution in [3.05, 3.63) is 22.9 Å². The van der Waals surface area contributed by atoms with Gasteiger partial charge in [0.1, 0.15) is 0 Å². The van der Waals surface area contributed by atoms with Gasteiger partial charge < -0.3 is 10.4 Å². The molecule has 2 nitrogen and oxygen atoms in total. The van der Waals surface area contributed by atoms with Crippen LogP contribution in [0.2, 0.25) is 0 Å². The Bertz CT molecular complexity index is 174. The number of allylic oxidation sites excluding steroid dienone is 2. The minimum atomic E-state index is 0.192. The molecule has 1 heterocycles. The molecule has 10 heavy (non-hydrogen) atoms. The van der Waals surface area contributed by atoms with Crippen molar-refractivity contribution in [3.63, 3.8) is 0 Å². The molecule has 2 N–H and O–H groups in total. The Morgan fingerprint density at radius 3 is 3.10 bits per heavy atom. The molecule has 0 aliphatic carbocycles. The lowest BCUT2D eigenvalue weighted by Gasteiger charge is -2.10. The van der Waals surface area contributed by atoms with Gasteiger partial charge in [-0.2, -0.15) is 0 Å². The second-order valence-electron chi connectivity index (χ2n) is 2.19. The van der Waals surface area contributed by atoms with Crippen LogP contribution in [0.15, 0.2) is 22.9 Å². The minimum Gasteiger partial charge on any atom is -0.396 e. The molecule has 1 rings (SSSR count). The Hall–Kier alpha value is -0.470. The highest BCUT2D eigenvalue weighted by Gasteiger charge is 2.01. The van der Waals surface area contributed by atoms with Crippen LogP contribution in [0.25, 0.3) is 0 Å². The minimum absolute atomic E-state index is 0.192. The molecule has 0 aromatic rings. The van der Waals surface area contributed by atoms with Crippen LogP contribution in [0.5, 0.6) is 0 Å². The Labute approximate surface area is 65.2 Å². The van der Waals surface area contributed by atoms with E-state index in [2.05, 4.69) is 5.32 Å². The number of rotatable bonds is 2. The van der Waals surface area contributed by atoms with E-state index in [1.165, 1.54) is 0 Å². The third kappa shape index (κ3) is 2.05. The van der Waals surface area contributed by atoms with Gasteiger partial charge in [-0.25, -0.2) is 0 Å². The summed E-state index contributed by atoms with van der Waals surface area (Å²) in [6, 6.07) is 0. The number of hydrogen-bond acceptors (Lipinski definition) is 2. The van der Waals surface area contributed by atoms with E-state index < -0.39 is 0 Å². The average Bonchev–Trinajstić information content (AvgIpc) is 1.88. The van der Waals surface area contributed by atoms with Crippen LogP contribution >= 0.6 is 11.6 Å². The maximum Gasteiger partial charge on any atom is 0.0562 e.